The van der Waals surface area contributed by atoms with Crippen molar-refractivity contribution in [1.29, 1.82) is 0 Å². The summed E-state index contributed by atoms with van der Waals surface area (Å²) in [6.45, 7) is -0.135. The highest BCUT2D eigenvalue weighted by molar-refractivity contribution is 5.18. The van der Waals surface area contributed by atoms with Crippen molar-refractivity contribution in [2.75, 3.05) is 13.7 Å². The Morgan fingerprint density at radius 3 is 2.60 bits per heavy atom. The number of methoxy groups -OCH3 is 1. The molecule has 0 amide bonds. The lowest BCUT2D eigenvalue weighted by Crippen LogP contribution is -2.13. The lowest BCUT2D eigenvalue weighted by molar-refractivity contribution is -0.484. The van der Waals surface area contributed by atoms with Crippen LogP contribution in [0.25, 0.3) is 0 Å². The number of nitro groups is 1. The van der Waals surface area contributed by atoms with E-state index in [4.69, 9.17) is 9.15 Å². The fourth-order valence-corrected chi connectivity index (χ4v) is 2.15. The summed E-state index contributed by atoms with van der Waals surface area (Å²) in [5, 5.41) is 10.8. The van der Waals surface area contributed by atoms with Gasteiger partial charge in [-0.05, 0) is 24.5 Å². The highest BCUT2D eigenvalue weighted by Gasteiger charge is 2.21. The van der Waals surface area contributed by atoms with Crippen LogP contribution < -0.4 is 4.74 Å². The minimum atomic E-state index is -0.301. The van der Waals surface area contributed by atoms with Gasteiger partial charge in [-0.3, -0.25) is 10.1 Å². The predicted molar refractivity (Wildman–Crippen MR) is 74.6 cm³/mol. The summed E-state index contributed by atoms with van der Waals surface area (Å²) < 4.78 is 10.4. The molecular formula is C15H17NO4. The molecule has 2 rings (SSSR count). The molecule has 0 N–H and O–H groups in total. The zero-order chi connectivity index (χ0) is 14.4. The molecule has 1 atom stereocenters. The molecule has 0 spiro atoms. The molecule has 5 nitrogen and oxygen atoms in total. The van der Waals surface area contributed by atoms with E-state index in [1.54, 1.807) is 12.1 Å². The molecule has 0 aliphatic heterocycles. The van der Waals surface area contributed by atoms with Gasteiger partial charge in [-0.1, -0.05) is 30.3 Å². The van der Waals surface area contributed by atoms with Gasteiger partial charge in [0.25, 0.3) is 5.95 Å². The van der Waals surface area contributed by atoms with Gasteiger partial charge in [0.05, 0.1) is 13.0 Å². The summed E-state index contributed by atoms with van der Waals surface area (Å²) in [6.07, 6.45) is 1.45. The van der Waals surface area contributed by atoms with Crippen molar-refractivity contribution in [3.05, 3.63) is 63.9 Å². The van der Waals surface area contributed by atoms with Crippen LogP contribution in [0.4, 0.5) is 0 Å². The molecule has 20 heavy (non-hydrogen) atoms. The Labute approximate surface area is 117 Å². The van der Waals surface area contributed by atoms with Gasteiger partial charge in [-0.15, -0.1) is 0 Å². The quantitative estimate of drug-likeness (QED) is 0.574. The third kappa shape index (κ3) is 3.85. The van der Waals surface area contributed by atoms with Crippen LogP contribution in [0, 0.1) is 10.1 Å². The zero-order valence-electron chi connectivity index (χ0n) is 11.3. The molecule has 0 unspecified atom stereocenters. The van der Waals surface area contributed by atoms with Crippen molar-refractivity contribution < 1.29 is 14.1 Å². The van der Waals surface area contributed by atoms with E-state index in [0.717, 1.165) is 6.42 Å². The number of furan rings is 1. The van der Waals surface area contributed by atoms with Gasteiger partial charge in [0.2, 0.25) is 6.54 Å². The van der Waals surface area contributed by atoms with Crippen LogP contribution in [-0.4, -0.2) is 18.6 Å². The molecule has 0 bridgehead atoms. The second-order valence-electron chi connectivity index (χ2n) is 4.60. The van der Waals surface area contributed by atoms with Gasteiger partial charge >= 0.3 is 0 Å². The van der Waals surface area contributed by atoms with E-state index in [-0.39, 0.29) is 17.4 Å². The second-order valence-corrected chi connectivity index (χ2v) is 4.60. The molecule has 0 saturated heterocycles. The van der Waals surface area contributed by atoms with E-state index >= 15 is 0 Å². The average molecular weight is 275 g/mol. The lowest BCUT2D eigenvalue weighted by Gasteiger charge is -2.10. The zero-order valence-corrected chi connectivity index (χ0v) is 11.3. The van der Waals surface area contributed by atoms with Crippen LogP contribution >= 0.6 is 0 Å². The molecular weight excluding hydrogens is 258 g/mol. The Hall–Kier alpha value is -2.30. The van der Waals surface area contributed by atoms with E-state index in [2.05, 4.69) is 0 Å². The first-order valence-electron chi connectivity index (χ1n) is 6.48. The van der Waals surface area contributed by atoms with Crippen LogP contribution in [-0.2, 0) is 6.42 Å². The molecule has 0 aliphatic carbocycles. The smallest absolute Gasteiger partial charge is 0.284 e. The first-order valence-corrected chi connectivity index (χ1v) is 6.48. The summed E-state index contributed by atoms with van der Waals surface area (Å²) in [6, 6.07) is 13.4. The minimum absolute atomic E-state index is 0.135. The summed E-state index contributed by atoms with van der Waals surface area (Å²) in [4.78, 5) is 10.5. The fourth-order valence-electron chi connectivity index (χ4n) is 2.15. The molecule has 106 valence electrons. The third-order valence-electron chi connectivity index (χ3n) is 3.20. The van der Waals surface area contributed by atoms with Crippen molar-refractivity contribution in [2.24, 2.45) is 0 Å². The standard InChI is InChI=1S/C15H17NO4/c1-19-15-10-9-14(20-15)13(11-16(17)18)8-7-12-5-3-2-4-6-12/h2-6,9-10,13H,7-8,11H2,1H3/t13-/m1/s1. The van der Waals surface area contributed by atoms with Gasteiger partial charge in [0.1, 0.15) is 5.76 Å². The monoisotopic (exact) mass is 275 g/mol. The number of hydrogen-bond donors (Lipinski definition) is 0. The summed E-state index contributed by atoms with van der Waals surface area (Å²) in [5.41, 5.74) is 1.17. The number of aryl methyl sites for hydroxylation is 1. The molecule has 0 aliphatic rings. The van der Waals surface area contributed by atoms with Gasteiger partial charge in [0, 0.05) is 11.0 Å². The topological polar surface area (TPSA) is 65.5 Å². The third-order valence-corrected chi connectivity index (χ3v) is 3.20. The fraction of sp³-hybridized carbons (Fsp3) is 0.333. The Kier molecular flexibility index (Phi) is 4.76. The summed E-state index contributed by atoms with van der Waals surface area (Å²) in [5.74, 6) is 0.747. The Bertz CT molecular complexity index is 550. The number of rotatable bonds is 7. The van der Waals surface area contributed by atoms with Crippen molar-refractivity contribution in [2.45, 2.75) is 18.8 Å². The van der Waals surface area contributed by atoms with Gasteiger partial charge < -0.3 is 9.15 Å². The molecule has 1 aromatic heterocycles. The maximum atomic E-state index is 10.8. The summed E-state index contributed by atoms with van der Waals surface area (Å²) in [7, 11) is 1.51. The van der Waals surface area contributed by atoms with E-state index in [9.17, 15) is 10.1 Å². The van der Waals surface area contributed by atoms with E-state index in [1.807, 2.05) is 30.3 Å². The maximum Gasteiger partial charge on any atom is 0.284 e. The number of benzene rings is 1. The highest BCUT2D eigenvalue weighted by atomic mass is 16.6. The van der Waals surface area contributed by atoms with Crippen molar-refractivity contribution >= 4 is 0 Å². The highest BCUT2D eigenvalue weighted by Crippen LogP contribution is 2.27. The van der Waals surface area contributed by atoms with Crippen LogP contribution in [0.15, 0.2) is 46.9 Å². The van der Waals surface area contributed by atoms with Crippen LogP contribution in [0.5, 0.6) is 5.95 Å². The first kappa shape index (κ1) is 14.1. The van der Waals surface area contributed by atoms with E-state index in [0.29, 0.717) is 18.1 Å². The molecule has 1 heterocycles. The maximum absolute atomic E-state index is 10.8. The molecule has 0 fully saturated rings. The normalized spacial score (nSPS) is 12.1. The van der Waals surface area contributed by atoms with Gasteiger partial charge in [-0.2, -0.15) is 0 Å². The predicted octanol–water partition coefficient (Wildman–Crippen LogP) is 3.28. The lowest BCUT2D eigenvalue weighted by atomic mass is 9.97. The SMILES string of the molecule is COc1ccc([C@H](CCc2ccccc2)C[N+](=O)[O-])o1. The van der Waals surface area contributed by atoms with Crippen LogP contribution in [0.1, 0.15) is 23.7 Å². The van der Waals surface area contributed by atoms with E-state index in [1.165, 1.54) is 12.7 Å². The summed E-state index contributed by atoms with van der Waals surface area (Å²) >= 11 is 0. The first-order chi connectivity index (χ1) is 9.69. The number of nitrogens with zero attached hydrogens (tertiary/aromatic N) is 1. The van der Waals surface area contributed by atoms with Gasteiger partial charge in [-0.25, -0.2) is 0 Å². The molecule has 1 aromatic carbocycles. The molecule has 0 saturated carbocycles. The van der Waals surface area contributed by atoms with Crippen LogP contribution in [0.2, 0.25) is 0 Å². The van der Waals surface area contributed by atoms with Crippen molar-refractivity contribution in [3.8, 4) is 5.95 Å². The van der Waals surface area contributed by atoms with Gasteiger partial charge in [0.15, 0.2) is 0 Å². The molecule has 2 aromatic rings. The Balaban J connectivity index is 2.05. The number of ether oxygens (including phenoxy) is 1. The van der Waals surface area contributed by atoms with Crippen molar-refractivity contribution in [3.63, 3.8) is 0 Å². The van der Waals surface area contributed by atoms with Crippen molar-refractivity contribution in [1.82, 2.24) is 0 Å². The molecule has 0 radical (unpaired) electrons. The minimum Gasteiger partial charge on any atom is -0.468 e. The van der Waals surface area contributed by atoms with E-state index < -0.39 is 0 Å². The molecule has 5 heteroatoms. The Morgan fingerprint density at radius 2 is 2.00 bits per heavy atom. The van der Waals surface area contributed by atoms with Crippen LogP contribution in [0.3, 0.4) is 0 Å². The second kappa shape index (κ2) is 6.75. The Morgan fingerprint density at radius 1 is 1.25 bits per heavy atom. The average Bonchev–Trinajstić information content (AvgIpc) is 2.93. The number of hydrogen-bond acceptors (Lipinski definition) is 4. The largest absolute Gasteiger partial charge is 0.468 e.